The number of thioether (sulfide) groups is 2. The van der Waals surface area contributed by atoms with E-state index in [9.17, 15) is 18.0 Å². The molecule has 0 radical (unpaired) electrons. The van der Waals surface area contributed by atoms with Gasteiger partial charge < -0.3 is 0 Å². The Hall–Kier alpha value is -1.25. The Balaban J connectivity index is 2.15. The van der Waals surface area contributed by atoms with Gasteiger partial charge in [0.1, 0.15) is 4.32 Å². The number of rotatable bonds is 4. The normalized spacial score (nSPS) is 17.4. The van der Waals surface area contributed by atoms with Crippen molar-refractivity contribution in [1.82, 2.24) is 4.90 Å². The zero-order chi connectivity index (χ0) is 16.3. The van der Waals surface area contributed by atoms with Crippen molar-refractivity contribution in [3.8, 4) is 0 Å². The second-order valence-electron chi connectivity index (χ2n) is 4.20. The summed E-state index contributed by atoms with van der Waals surface area (Å²) in [5.41, 5.74) is -3.67. The molecule has 1 saturated heterocycles. The fourth-order valence-electron chi connectivity index (χ4n) is 1.70. The van der Waals surface area contributed by atoms with E-state index in [0.29, 0.717) is 21.3 Å². The molecule has 22 heavy (non-hydrogen) atoms. The van der Waals surface area contributed by atoms with Crippen LogP contribution in [0.4, 0.5) is 13.2 Å². The van der Waals surface area contributed by atoms with Crippen LogP contribution in [0, 0.1) is 0 Å². The summed E-state index contributed by atoms with van der Waals surface area (Å²) in [6.45, 7) is 3.90. The summed E-state index contributed by atoms with van der Waals surface area (Å²) in [7, 11) is 0. The van der Waals surface area contributed by atoms with Crippen LogP contribution in [0.25, 0.3) is 6.08 Å². The molecular formula is C14H10F3NOS3. The minimum Gasteiger partial charge on any atom is -0.289 e. The van der Waals surface area contributed by atoms with Crippen LogP contribution < -0.4 is 0 Å². The third-order valence-electron chi connectivity index (χ3n) is 2.60. The highest BCUT2D eigenvalue weighted by atomic mass is 32.2. The quantitative estimate of drug-likeness (QED) is 0.336. The molecule has 1 aromatic carbocycles. The molecule has 2 rings (SSSR count). The predicted octanol–water partition coefficient (Wildman–Crippen LogP) is 4.69. The Kier molecular flexibility index (Phi) is 5.36. The van der Waals surface area contributed by atoms with Crippen molar-refractivity contribution in [2.45, 2.75) is 10.4 Å². The predicted molar refractivity (Wildman–Crippen MR) is 88.4 cm³/mol. The van der Waals surface area contributed by atoms with Crippen LogP contribution in [0.2, 0.25) is 0 Å². The lowest BCUT2D eigenvalue weighted by molar-refractivity contribution is -0.121. The summed E-state index contributed by atoms with van der Waals surface area (Å²) in [5, 5.41) is 0. The van der Waals surface area contributed by atoms with Gasteiger partial charge >= 0.3 is 5.51 Å². The van der Waals surface area contributed by atoms with Crippen LogP contribution in [0.15, 0.2) is 46.7 Å². The van der Waals surface area contributed by atoms with Gasteiger partial charge in [0.05, 0.1) is 4.91 Å². The largest absolute Gasteiger partial charge is 0.446 e. The van der Waals surface area contributed by atoms with Gasteiger partial charge in [-0.05, 0) is 35.5 Å². The maximum Gasteiger partial charge on any atom is 0.446 e. The highest BCUT2D eigenvalue weighted by molar-refractivity contribution is 8.26. The molecule has 0 aromatic heterocycles. The van der Waals surface area contributed by atoms with Gasteiger partial charge in [-0.15, -0.1) is 6.58 Å². The van der Waals surface area contributed by atoms with E-state index >= 15 is 0 Å². The average Bonchev–Trinajstić information content (AvgIpc) is 2.68. The monoisotopic (exact) mass is 361 g/mol. The van der Waals surface area contributed by atoms with E-state index in [-0.39, 0.29) is 22.6 Å². The SMILES string of the molecule is C=CCN1C(=O)/C(=C/c2ccc(SC(F)(F)F)cc2)SC1=S. The molecule has 116 valence electrons. The number of benzene rings is 1. The second kappa shape index (κ2) is 6.89. The number of hydrogen-bond acceptors (Lipinski definition) is 4. The number of amides is 1. The topological polar surface area (TPSA) is 20.3 Å². The Morgan fingerprint density at radius 3 is 2.50 bits per heavy atom. The van der Waals surface area contributed by atoms with E-state index in [1.54, 1.807) is 12.2 Å². The van der Waals surface area contributed by atoms with Crippen LogP contribution in [0.3, 0.4) is 0 Å². The number of alkyl halides is 3. The van der Waals surface area contributed by atoms with E-state index in [1.807, 2.05) is 0 Å². The molecule has 0 spiro atoms. The lowest BCUT2D eigenvalue weighted by Gasteiger charge is -2.10. The number of hydrogen-bond donors (Lipinski definition) is 0. The molecule has 1 heterocycles. The molecule has 2 nitrogen and oxygen atoms in total. The van der Waals surface area contributed by atoms with Crippen molar-refractivity contribution >= 4 is 52.0 Å². The second-order valence-corrected chi connectivity index (χ2v) is 7.01. The first-order valence-electron chi connectivity index (χ1n) is 6.02. The number of nitrogens with zero attached hydrogens (tertiary/aromatic N) is 1. The first-order chi connectivity index (χ1) is 10.3. The van der Waals surface area contributed by atoms with E-state index in [2.05, 4.69) is 6.58 Å². The molecule has 0 saturated carbocycles. The Bertz CT molecular complexity index is 638. The highest BCUT2D eigenvalue weighted by Gasteiger charge is 2.31. The van der Waals surface area contributed by atoms with E-state index in [1.165, 1.54) is 40.9 Å². The number of halogens is 3. The van der Waals surface area contributed by atoms with Crippen LogP contribution in [0.5, 0.6) is 0 Å². The number of carbonyl (C=O) groups excluding carboxylic acids is 1. The summed E-state index contributed by atoms with van der Waals surface area (Å²) in [6.07, 6.45) is 3.20. The van der Waals surface area contributed by atoms with Gasteiger partial charge in [-0.3, -0.25) is 9.69 Å². The Morgan fingerprint density at radius 2 is 1.95 bits per heavy atom. The third-order valence-corrected chi connectivity index (χ3v) is 4.71. The lowest BCUT2D eigenvalue weighted by atomic mass is 10.2. The number of thiocarbonyl (C=S) groups is 1. The minimum atomic E-state index is -4.31. The smallest absolute Gasteiger partial charge is 0.289 e. The third kappa shape index (κ3) is 4.37. The Morgan fingerprint density at radius 1 is 1.32 bits per heavy atom. The first-order valence-corrected chi connectivity index (χ1v) is 8.06. The van der Waals surface area contributed by atoms with Gasteiger partial charge in [0.25, 0.3) is 5.91 Å². The van der Waals surface area contributed by atoms with Crippen molar-refractivity contribution in [2.75, 3.05) is 6.54 Å². The molecule has 0 unspecified atom stereocenters. The van der Waals surface area contributed by atoms with Gasteiger partial charge in [-0.2, -0.15) is 13.2 Å². The molecule has 8 heteroatoms. The van der Waals surface area contributed by atoms with E-state index in [0.717, 1.165) is 0 Å². The van der Waals surface area contributed by atoms with Crippen LogP contribution in [-0.2, 0) is 4.79 Å². The van der Waals surface area contributed by atoms with Crippen molar-refractivity contribution in [3.63, 3.8) is 0 Å². The summed E-state index contributed by atoms with van der Waals surface area (Å²) < 4.78 is 37.2. The van der Waals surface area contributed by atoms with Crippen LogP contribution in [0.1, 0.15) is 5.56 Å². The minimum absolute atomic E-state index is 0.101. The lowest BCUT2D eigenvalue weighted by Crippen LogP contribution is -2.27. The van der Waals surface area contributed by atoms with E-state index in [4.69, 9.17) is 12.2 Å². The van der Waals surface area contributed by atoms with Gasteiger partial charge in [0, 0.05) is 11.4 Å². The van der Waals surface area contributed by atoms with Crippen molar-refractivity contribution in [2.24, 2.45) is 0 Å². The zero-order valence-electron chi connectivity index (χ0n) is 11.1. The molecule has 1 aliphatic heterocycles. The zero-order valence-corrected chi connectivity index (χ0v) is 13.5. The summed E-state index contributed by atoms with van der Waals surface area (Å²) >= 11 is 6.10. The molecule has 1 aromatic rings. The van der Waals surface area contributed by atoms with Crippen molar-refractivity contribution < 1.29 is 18.0 Å². The molecular weight excluding hydrogens is 351 g/mol. The van der Waals surface area contributed by atoms with Crippen LogP contribution in [-0.4, -0.2) is 27.2 Å². The maximum absolute atomic E-state index is 12.3. The van der Waals surface area contributed by atoms with E-state index < -0.39 is 5.51 Å². The van der Waals surface area contributed by atoms with Gasteiger partial charge in [-0.1, -0.05) is 42.2 Å². The maximum atomic E-state index is 12.3. The van der Waals surface area contributed by atoms with Crippen molar-refractivity contribution in [3.05, 3.63) is 47.4 Å². The number of carbonyl (C=O) groups is 1. The average molecular weight is 361 g/mol. The molecule has 1 amide bonds. The molecule has 0 aliphatic carbocycles. The molecule has 1 fully saturated rings. The standard InChI is InChI=1S/C14H10F3NOS3/c1-2-7-18-12(19)11(21-13(18)20)8-9-3-5-10(6-4-9)22-14(15,16)17/h2-6,8H,1,7H2/b11-8-. The van der Waals surface area contributed by atoms with Crippen LogP contribution >= 0.6 is 35.7 Å². The first kappa shape index (κ1) is 17.1. The van der Waals surface area contributed by atoms with Gasteiger partial charge in [0.15, 0.2) is 0 Å². The molecule has 1 aliphatic rings. The fourth-order valence-corrected chi connectivity index (χ4v) is 3.52. The fraction of sp³-hybridized carbons (Fsp3) is 0.143. The highest BCUT2D eigenvalue weighted by Crippen LogP contribution is 2.37. The summed E-state index contributed by atoms with van der Waals surface area (Å²) in [5.74, 6) is -0.219. The summed E-state index contributed by atoms with van der Waals surface area (Å²) in [4.78, 5) is 14.1. The Labute approximate surface area is 139 Å². The van der Waals surface area contributed by atoms with Gasteiger partial charge in [0.2, 0.25) is 0 Å². The molecule has 0 N–H and O–H groups in total. The molecule has 0 atom stereocenters. The van der Waals surface area contributed by atoms with Gasteiger partial charge in [-0.25, -0.2) is 0 Å². The van der Waals surface area contributed by atoms with Crippen molar-refractivity contribution in [1.29, 1.82) is 0 Å². The molecule has 0 bridgehead atoms. The summed E-state index contributed by atoms with van der Waals surface area (Å²) in [6, 6.07) is 5.81.